The number of halogens is 1. The molecular weight excluding hydrogens is 615 g/mol. The van der Waals surface area contributed by atoms with Gasteiger partial charge in [-0.1, -0.05) is 18.6 Å². The van der Waals surface area contributed by atoms with Crippen LogP contribution in [0.4, 0.5) is 9.18 Å². The fourth-order valence-electron chi connectivity index (χ4n) is 9.63. The average molecular weight is 659 g/mol. The molecule has 1 heterocycles. The van der Waals surface area contributed by atoms with Gasteiger partial charge in [-0.3, -0.25) is 19.2 Å². The summed E-state index contributed by atoms with van der Waals surface area (Å²) in [5, 5.41) is 26.4. The number of allylic oxidation sites excluding steroid dienone is 4. The van der Waals surface area contributed by atoms with Gasteiger partial charge in [-0.2, -0.15) is 0 Å². The first kappa shape index (κ1) is 33.5. The standard InChI is InChI=1S/C34H43FN2O10/c1-31-13-11-22(38)15-21(31)7-8-24-23-12-14-33(45,32(23,2)16-25(39)34(24,31)35)26(40)18-46-30(44)36-17-19-3-5-20(6-4-19)29(43)47-37-27(41)9-10-28(37)42/h11,13,15,19-20,23-25,39,45H,3-10,12,14,16-18H2,1-2H3,(H,36,44)/t19-,20-,23-,24-,25-,31-,32-,33-,34-/m0/s1. The van der Waals surface area contributed by atoms with E-state index >= 15 is 4.39 Å². The van der Waals surface area contributed by atoms with E-state index in [-0.39, 0.29) is 43.9 Å². The summed E-state index contributed by atoms with van der Waals surface area (Å²) in [6.45, 7) is 2.98. The van der Waals surface area contributed by atoms with Gasteiger partial charge in [-0.15, -0.1) is 5.06 Å². The first-order valence-electron chi connectivity index (χ1n) is 16.7. The summed E-state index contributed by atoms with van der Waals surface area (Å²) in [7, 11) is 0. The summed E-state index contributed by atoms with van der Waals surface area (Å²) in [6, 6.07) is 0. The minimum Gasteiger partial charge on any atom is -0.441 e. The molecule has 0 radical (unpaired) electrons. The number of fused-ring (bicyclic) bond motifs is 5. The molecule has 6 aliphatic rings. The molecular formula is C34H43FN2O10. The van der Waals surface area contributed by atoms with Crippen LogP contribution in [0.15, 0.2) is 23.8 Å². The van der Waals surface area contributed by atoms with Crippen molar-refractivity contribution in [3.63, 3.8) is 0 Å². The van der Waals surface area contributed by atoms with Crippen molar-refractivity contribution >= 4 is 35.4 Å². The van der Waals surface area contributed by atoms with Crippen LogP contribution in [-0.4, -0.2) is 81.2 Å². The molecule has 13 heteroatoms. The summed E-state index contributed by atoms with van der Waals surface area (Å²) >= 11 is 0. The molecule has 4 saturated carbocycles. The Morgan fingerprint density at radius 3 is 2.36 bits per heavy atom. The van der Waals surface area contributed by atoms with Crippen LogP contribution in [0, 0.1) is 34.5 Å². The minimum atomic E-state index is -2.07. The van der Waals surface area contributed by atoms with Gasteiger partial charge in [0.2, 0.25) is 5.78 Å². The van der Waals surface area contributed by atoms with E-state index in [0.717, 1.165) is 0 Å². The molecule has 7 atom stereocenters. The maximum Gasteiger partial charge on any atom is 0.407 e. The number of alkyl halides is 1. The maximum atomic E-state index is 17.2. The molecule has 47 heavy (non-hydrogen) atoms. The fourth-order valence-corrected chi connectivity index (χ4v) is 9.63. The third-order valence-corrected chi connectivity index (χ3v) is 12.5. The molecule has 6 rings (SSSR count). The highest BCUT2D eigenvalue weighted by molar-refractivity contribution is 6.02. The highest BCUT2D eigenvalue weighted by atomic mass is 19.1. The molecule has 3 N–H and O–H groups in total. The number of imide groups is 1. The predicted octanol–water partition coefficient (Wildman–Crippen LogP) is 2.80. The molecule has 0 aromatic rings. The molecule has 3 amide bonds. The van der Waals surface area contributed by atoms with Gasteiger partial charge in [-0.25, -0.2) is 14.0 Å². The Balaban J connectivity index is 1.00. The summed E-state index contributed by atoms with van der Waals surface area (Å²) < 4.78 is 22.4. The lowest BCUT2D eigenvalue weighted by Crippen LogP contribution is -2.69. The number of Topliss-reactive ketones (excluding diaryl/α,β-unsaturated/α-hetero) is 1. The van der Waals surface area contributed by atoms with Gasteiger partial charge in [0.1, 0.15) is 5.60 Å². The number of amides is 3. The minimum absolute atomic E-state index is 0.0236. The molecule has 5 aliphatic carbocycles. The lowest BCUT2D eigenvalue weighted by molar-refractivity contribution is -0.217. The van der Waals surface area contributed by atoms with Crippen molar-refractivity contribution in [2.75, 3.05) is 13.2 Å². The highest BCUT2D eigenvalue weighted by Gasteiger charge is 2.74. The maximum absolute atomic E-state index is 17.2. The average Bonchev–Trinajstić information content (AvgIpc) is 3.50. The fraction of sp³-hybridized carbons (Fsp3) is 0.706. The number of aliphatic hydroxyl groups is 2. The Bertz CT molecular complexity index is 1440. The predicted molar refractivity (Wildman–Crippen MR) is 160 cm³/mol. The van der Waals surface area contributed by atoms with Crippen molar-refractivity contribution in [3.05, 3.63) is 23.8 Å². The summed E-state index contributed by atoms with van der Waals surface area (Å²) in [4.78, 5) is 79.0. The largest absolute Gasteiger partial charge is 0.441 e. The molecule has 12 nitrogen and oxygen atoms in total. The SMILES string of the molecule is C[C@]12C=CC(=O)C=C1CC[C@H]1[C@@H]3CC[C@](O)(C(=O)COC(=O)NC[C@H]4CC[C@H](C(=O)ON5C(=O)CCC5=O)CC4)[C@@]3(C)C[C@H](O)[C@@]12F. The zero-order chi connectivity index (χ0) is 33.9. The van der Waals surface area contributed by atoms with Gasteiger partial charge >= 0.3 is 12.1 Å². The number of aliphatic hydroxyl groups excluding tert-OH is 1. The normalized spacial score (nSPS) is 41.0. The summed E-state index contributed by atoms with van der Waals surface area (Å²) in [5.41, 5.74) is -5.67. The van der Waals surface area contributed by atoms with E-state index in [1.807, 2.05) is 0 Å². The molecule has 0 unspecified atom stereocenters. The Morgan fingerprint density at radius 2 is 1.68 bits per heavy atom. The van der Waals surface area contributed by atoms with Crippen LogP contribution in [0.2, 0.25) is 0 Å². The monoisotopic (exact) mass is 658 g/mol. The molecule has 1 saturated heterocycles. The molecule has 0 spiro atoms. The van der Waals surface area contributed by atoms with Crippen LogP contribution in [0.3, 0.4) is 0 Å². The van der Waals surface area contributed by atoms with Crippen LogP contribution in [0.5, 0.6) is 0 Å². The Kier molecular flexibility index (Phi) is 8.47. The van der Waals surface area contributed by atoms with Crippen molar-refractivity contribution in [2.24, 2.45) is 34.5 Å². The van der Waals surface area contributed by atoms with Gasteiger partial charge in [0.05, 0.1) is 12.0 Å². The quantitative estimate of drug-likeness (QED) is 0.345. The van der Waals surface area contributed by atoms with Crippen molar-refractivity contribution in [1.29, 1.82) is 0 Å². The lowest BCUT2D eigenvalue weighted by atomic mass is 9.44. The van der Waals surface area contributed by atoms with E-state index in [1.54, 1.807) is 19.9 Å². The van der Waals surface area contributed by atoms with Crippen LogP contribution >= 0.6 is 0 Å². The van der Waals surface area contributed by atoms with Crippen LogP contribution in [0.25, 0.3) is 0 Å². The van der Waals surface area contributed by atoms with Crippen molar-refractivity contribution in [3.8, 4) is 0 Å². The summed E-state index contributed by atoms with van der Waals surface area (Å²) in [5.74, 6) is -4.08. The topological polar surface area (TPSA) is 177 Å². The second-order valence-electron chi connectivity index (χ2n) is 14.8. The summed E-state index contributed by atoms with van der Waals surface area (Å²) in [6.07, 6.45) is 5.28. The number of ether oxygens (including phenoxy) is 1. The lowest BCUT2D eigenvalue weighted by Gasteiger charge is -2.62. The number of carbonyl (C=O) groups excluding carboxylic acids is 6. The van der Waals surface area contributed by atoms with E-state index in [2.05, 4.69) is 5.32 Å². The van der Waals surface area contributed by atoms with E-state index in [1.165, 1.54) is 12.2 Å². The number of hydrogen-bond acceptors (Lipinski definition) is 10. The first-order chi connectivity index (χ1) is 22.1. The van der Waals surface area contributed by atoms with E-state index in [4.69, 9.17) is 9.57 Å². The van der Waals surface area contributed by atoms with Gasteiger partial charge in [0.25, 0.3) is 11.8 Å². The third kappa shape index (κ3) is 5.24. The van der Waals surface area contributed by atoms with Gasteiger partial charge < -0.3 is 25.1 Å². The molecule has 1 aliphatic heterocycles. The zero-order valence-corrected chi connectivity index (χ0v) is 26.8. The van der Waals surface area contributed by atoms with Gasteiger partial charge in [-0.05, 0) is 88.7 Å². The first-order valence-corrected chi connectivity index (χ1v) is 16.7. The van der Waals surface area contributed by atoms with E-state index < -0.39 is 82.2 Å². The Morgan fingerprint density at radius 1 is 1.00 bits per heavy atom. The number of hydrogen-bond donors (Lipinski definition) is 3. The van der Waals surface area contributed by atoms with Gasteiger partial charge in [0, 0.05) is 36.1 Å². The zero-order valence-electron chi connectivity index (χ0n) is 26.8. The van der Waals surface area contributed by atoms with Crippen molar-refractivity contribution in [1.82, 2.24) is 10.4 Å². The number of alkyl carbamates (subject to hydrolysis) is 1. The third-order valence-electron chi connectivity index (χ3n) is 12.5. The number of rotatable bonds is 7. The molecule has 0 aromatic carbocycles. The van der Waals surface area contributed by atoms with Crippen LogP contribution in [0.1, 0.15) is 84.5 Å². The van der Waals surface area contributed by atoms with Crippen molar-refractivity contribution in [2.45, 2.75) is 102 Å². The second kappa shape index (κ2) is 11.9. The number of nitrogens with one attached hydrogen (secondary N) is 1. The van der Waals surface area contributed by atoms with Crippen LogP contribution in [-0.2, 0) is 33.5 Å². The van der Waals surface area contributed by atoms with E-state index in [0.29, 0.717) is 55.6 Å². The smallest absolute Gasteiger partial charge is 0.407 e. The number of hydroxylamine groups is 2. The number of ketones is 2. The highest BCUT2D eigenvalue weighted by Crippen LogP contribution is 2.69. The number of nitrogens with zero attached hydrogens (tertiary/aromatic N) is 1. The second-order valence-corrected chi connectivity index (χ2v) is 14.8. The molecule has 5 fully saturated rings. The van der Waals surface area contributed by atoms with Crippen LogP contribution < -0.4 is 5.32 Å². The Hall–Kier alpha value is -3.45. The molecule has 0 bridgehead atoms. The van der Waals surface area contributed by atoms with Crippen molar-refractivity contribution < 1.29 is 52.9 Å². The molecule has 256 valence electrons. The van der Waals surface area contributed by atoms with Gasteiger partial charge in [0.15, 0.2) is 18.1 Å². The van der Waals surface area contributed by atoms with E-state index in [9.17, 15) is 39.0 Å². The molecule has 0 aromatic heterocycles. The number of carbonyl (C=O) groups is 6. The Labute approximate surface area is 272 Å².